The zero-order valence-corrected chi connectivity index (χ0v) is 19.8. The molecule has 6 heteroatoms. The third-order valence-corrected chi connectivity index (χ3v) is 6.07. The predicted octanol–water partition coefficient (Wildman–Crippen LogP) is 6.96. The highest BCUT2D eigenvalue weighted by Gasteiger charge is 2.25. The summed E-state index contributed by atoms with van der Waals surface area (Å²) < 4.78 is 0. The Morgan fingerprint density at radius 2 is 0.472 bits per heavy atom. The van der Waals surface area contributed by atoms with Crippen molar-refractivity contribution in [3.63, 3.8) is 0 Å². The van der Waals surface area contributed by atoms with Crippen molar-refractivity contribution in [2.75, 3.05) is 32.7 Å². The number of hydrogen-bond donors (Lipinski definition) is 4. The monoisotopic (exact) mass is 472 g/mol. The second kappa shape index (κ2) is 9.64. The number of benzene rings is 5. The molecule has 0 fully saturated rings. The molecule has 0 radical (unpaired) electrons. The Labute approximate surface area is 211 Å². The Bertz CT molecular complexity index is 1310. The summed E-state index contributed by atoms with van der Waals surface area (Å²) >= 11 is 0. The first kappa shape index (κ1) is 22.7. The minimum absolute atomic E-state index is 0.626. The number of nitrogen functional groups attached to an aromatic ring is 4. The first-order valence-corrected chi connectivity index (χ1v) is 11.6. The van der Waals surface area contributed by atoms with E-state index in [0.717, 1.165) is 34.1 Å². The van der Waals surface area contributed by atoms with E-state index in [1.807, 2.05) is 121 Å². The number of nitrogens with two attached hydrogens (primary N) is 4. The largest absolute Gasteiger partial charge is 0.397 e. The van der Waals surface area contributed by atoms with Crippen LogP contribution in [0.25, 0.3) is 0 Å². The molecule has 0 amide bonds. The SMILES string of the molecule is Nc1ccccc1N(c1ccccc1N)c1ccccc1N(c1ccccc1N)c1ccccc1N. The van der Waals surface area contributed by atoms with Crippen molar-refractivity contribution in [1.29, 1.82) is 0 Å². The first-order chi connectivity index (χ1) is 17.6. The van der Waals surface area contributed by atoms with Gasteiger partial charge in [0.15, 0.2) is 0 Å². The van der Waals surface area contributed by atoms with Gasteiger partial charge in [-0.25, -0.2) is 0 Å². The van der Waals surface area contributed by atoms with Crippen molar-refractivity contribution in [3.05, 3.63) is 121 Å². The highest BCUT2D eigenvalue weighted by Crippen LogP contribution is 2.49. The highest BCUT2D eigenvalue weighted by atomic mass is 15.2. The van der Waals surface area contributed by atoms with E-state index in [1.165, 1.54) is 0 Å². The van der Waals surface area contributed by atoms with E-state index >= 15 is 0 Å². The second-order valence-corrected chi connectivity index (χ2v) is 8.39. The lowest BCUT2D eigenvalue weighted by atomic mass is 10.1. The van der Waals surface area contributed by atoms with Gasteiger partial charge in [-0.3, -0.25) is 0 Å². The van der Waals surface area contributed by atoms with Crippen LogP contribution in [0.5, 0.6) is 0 Å². The molecule has 0 aromatic heterocycles. The number of rotatable bonds is 6. The standard InChI is InChI=1S/C30H28N6/c31-21-11-1-5-15-25(21)35(26-16-6-2-12-22(26)32)29-19-9-10-20-30(29)36(27-17-7-3-13-23(27)33)28-18-8-4-14-24(28)34/h1-20H,31-34H2. The molecule has 0 unspecified atom stereocenters. The average Bonchev–Trinajstić information content (AvgIpc) is 2.89. The van der Waals surface area contributed by atoms with Crippen LogP contribution in [0.3, 0.4) is 0 Å². The Kier molecular flexibility index (Phi) is 6.07. The summed E-state index contributed by atoms with van der Waals surface area (Å²) in [5, 5.41) is 0. The van der Waals surface area contributed by atoms with Gasteiger partial charge in [0.2, 0.25) is 0 Å². The minimum atomic E-state index is 0.626. The van der Waals surface area contributed by atoms with Crippen LogP contribution in [-0.2, 0) is 0 Å². The zero-order chi connectivity index (χ0) is 25.1. The van der Waals surface area contributed by atoms with Crippen molar-refractivity contribution in [1.82, 2.24) is 0 Å². The van der Waals surface area contributed by atoms with Gasteiger partial charge < -0.3 is 32.7 Å². The van der Waals surface area contributed by atoms with Gasteiger partial charge in [0.05, 0.1) is 56.9 Å². The molecule has 0 aliphatic carbocycles. The van der Waals surface area contributed by atoms with Gasteiger partial charge in [-0.05, 0) is 60.7 Å². The van der Waals surface area contributed by atoms with Crippen molar-refractivity contribution >= 4 is 56.9 Å². The summed E-state index contributed by atoms with van der Waals surface area (Å²) in [6.07, 6.45) is 0. The molecule has 5 aromatic rings. The van der Waals surface area contributed by atoms with Crippen molar-refractivity contribution in [2.24, 2.45) is 0 Å². The molecule has 6 nitrogen and oxygen atoms in total. The summed E-state index contributed by atoms with van der Waals surface area (Å²) in [6.45, 7) is 0. The molecule has 0 saturated carbocycles. The topological polar surface area (TPSA) is 111 Å². The Morgan fingerprint density at radius 3 is 0.694 bits per heavy atom. The van der Waals surface area contributed by atoms with E-state index in [4.69, 9.17) is 22.9 Å². The normalized spacial score (nSPS) is 10.7. The van der Waals surface area contributed by atoms with Gasteiger partial charge in [-0.15, -0.1) is 0 Å². The minimum Gasteiger partial charge on any atom is -0.397 e. The van der Waals surface area contributed by atoms with Crippen LogP contribution < -0.4 is 32.7 Å². The van der Waals surface area contributed by atoms with E-state index in [-0.39, 0.29) is 0 Å². The number of hydrogen-bond acceptors (Lipinski definition) is 6. The Hall–Kier alpha value is -5.10. The molecule has 0 spiro atoms. The molecule has 178 valence electrons. The zero-order valence-electron chi connectivity index (χ0n) is 19.8. The molecule has 0 saturated heterocycles. The molecule has 0 heterocycles. The van der Waals surface area contributed by atoms with Crippen LogP contribution in [0.1, 0.15) is 0 Å². The molecular weight excluding hydrogens is 444 g/mol. The van der Waals surface area contributed by atoms with E-state index in [1.54, 1.807) is 0 Å². The fourth-order valence-corrected chi connectivity index (χ4v) is 4.39. The van der Waals surface area contributed by atoms with E-state index in [9.17, 15) is 0 Å². The number of anilines is 10. The maximum Gasteiger partial charge on any atom is 0.0704 e. The second-order valence-electron chi connectivity index (χ2n) is 8.39. The fraction of sp³-hybridized carbons (Fsp3) is 0. The molecular formula is C30H28N6. The molecule has 0 bridgehead atoms. The van der Waals surface area contributed by atoms with Gasteiger partial charge in [-0.2, -0.15) is 0 Å². The summed E-state index contributed by atoms with van der Waals surface area (Å²) in [4.78, 5) is 4.15. The fourth-order valence-electron chi connectivity index (χ4n) is 4.39. The summed E-state index contributed by atoms with van der Waals surface area (Å²) in [5.41, 5.74) is 33.5. The van der Waals surface area contributed by atoms with E-state index < -0.39 is 0 Å². The number of para-hydroxylation sites is 10. The molecule has 5 aromatic carbocycles. The summed E-state index contributed by atoms with van der Waals surface area (Å²) in [7, 11) is 0. The lowest BCUT2D eigenvalue weighted by Crippen LogP contribution is -2.19. The molecule has 0 atom stereocenters. The molecule has 36 heavy (non-hydrogen) atoms. The smallest absolute Gasteiger partial charge is 0.0704 e. The summed E-state index contributed by atoms with van der Waals surface area (Å²) in [6, 6.07) is 39.0. The van der Waals surface area contributed by atoms with E-state index in [2.05, 4.69) is 9.80 Å². The van der Waals surface area contributed by atoms with Crippen LogP contribution in [-0.4, -0.2) is 0 Å². The van der Waals surface area contributed by atoms with Crippen LogP contribution in [0, 0.1) is 0 Å². The van der Waals surface area contributed by atoms with Crippen LogP contribution in [0.2, 0.25) is 0 Å². The average molecular weight is 473 g/mol. The van der Waals surface area contributed by atoms with Gasteiger partial charge in [0.25, 0.3) is 0 Å². The Morgan fingerprint density at radius 1 is 0.278 bits per heavy atom. The van der Waals surface area contributed by atoms with Crippen molar-refractivity contribution < 1.29 is 0 Å². The summed E-state index contributed by atoms with van der Waals surface area (Å²) in [5.74, 6) is 0. The van der Waals surface area contributed by atoms with Crippen LogP contribution >= 0.6 is 0 Å². The van der Waals surface area contributed by atoms with Crippen molar-refractivity contribution in [2.45, 2.75) is 0 Å². The maximum absolute atomic E-state index is 6.51. The predicted molar refractivity (Wildman–Crippen MR) is 153 cm³/mol. The third-order valence-electron chi connectivity index (χ3n) is 6.07. The molecule has 8 N–H and O–H groups in total. The van der Waals surface area contributed by atoms with Crippen LogP contribution in [0.4, 0.5) is 56.9 Å². The van der Waals surface area contributed by atoms with Gasteiger partial charge in [-0.1, -0.05) is 60.7 Å². The quantitative estimate of drug-likeness (QED) is 0.199. The van der Waals surface area contributed by atoms with Crippen molar-refractivity contribution in [3.8, 4) is 0 Å². The molecule has 0 aliphatic rings. The first-order valence-electron chi connectivity index (χ1n) is 11.6. The maximum atomic E-state index is 6.51. The lowest BCUT2D eigenvalue weighted by molar-refractivity contribution is 1.23. The lowest BCUT2D eigenvalue weighted by Gasteiger charge is -2.34. The van der Waals surface area contributed by atoms with Gasteiger partial charge in [0, 0.05) is 0 Å². The highest BCUT2D eigenvalue weighted by molar-refractivity contribution is 5.98. The molecule has 5 rings (SSSR count). The Balaban J connectivity index is 1.83. The van der Waals surface area contributed by atoms with Crippen LogP contribution in [0.15, 0.2) is 121 Å². The van der Waals surface area contributed by atoms with E-state index in [0.29, 0.717) is 22.7 Å². The number of nitrogens with zero attached hydrogens (tertiary/aromatic N) is 2. The third kappa shape index (κ3) is 4.12. The molecule has 0 aliphatic heterocycles. The van der Waals surface area contributed by atoms with Gasteiger partial charge >= 0.3 is 0 Å². The van der Waals surface area contributed by atoms with Gasteiger partial charge in [0.1, 0.15) is 0 Å².